The van der Waals surface area contributed by atoms with Gasteiger partial charge in [0.25, 0.3) is 0 Å². The topological polar surface area (TPSA) is 134 Å². The van der Waals surface area contributed by atoms with Crippen LogP contribution in [0.3, 0.4) is 0 Å². The predicted molar refractivity (Wildman–Crippen MR) is 320 cm³/mol. The molecule has 0 spiro atoms. The first kappa shape index (κ1) is 62.3. The van der Waals surface area contributed by atoms with Gasteiger partial charge in [-0.2, -0.15) is 31.0 Å². The summed E-state index contributed by atoms with van der Waals surface area (Å²) in [7, 11) is 0. The van der Waals surface area contributed by atoms with Crippen molar-refractivity contribution in [2.24, 2.45) is 20.5 Å². The van der Waals surface area contributed by atoms with Crippen LogP contribution in [0.15, 0.2) is 130 Å². The van der Waals surface area contributed by atoms with Crippen molar-refractivity contribution in [2.75, 3.05) is 13.2 Å². The largest absolute Gasteiger partial charge is 0.494 e. The number of nitriles is 2. The van der Waals surface area contributed by atoms with E-state index in [1.54, 1.807) is 48.5 Å². The fourth-order valence-corrected chi connectivity index (χ4v) is 9.45. The molecule has 0 bridgehead atoms. The van der Waals surface area contributed by atoms with E-state index in [-0.39, 0.29) is 22.6 Å². The molecule has 78 heavy (non-hydrogen) atoms. The second-order valence-corrected chi connectivity index (χ2v) is 21.0. The molecule has 418 valence electrons. The maximum absolute atomic E-state index is 9.80. The van der Waals surface area contributed by atoms with Crippen LogP contribution < -0.4 is 18.9 Å². The number of unbranched alkanes of at least 4 members (excludes halogenated alkanes) is 30. The van der Waals surface area contributed by atoms with Crippen LogP contribution in [0, 0.1) is 22.7 Å². The van der Waals surface area contributed by atoms with Crippen LogP contribution in [-0.2, 0) is 0 Å². The Morgan fingerprint density at radius 1 is 0.295 bits per heavy atom. The Hall–Kier alpha value is -6.52. The summed E-state index contributed by atoms with van der Waals surface area (Å²) >= 11 is 0. The molecule has 0 aliphatic carbocycles. The van der Waals surface area contributed by atoms with Gasteiger partial charge < -0.3 is 18.9 Å². The van der Waals surface area contributed by atoms with Gasteiger partial charge in [-0.1, -0.05) is 206 Å². The Labute approximate surface area is 470 Å². The lowest BCUT2D eigenvalue weighted by Crippen LogP contribution is -1.96. The van der Waals surface area contributed by atoms with Gasteiger partial charge in [0.1, 0.15) is 35.1 Å². The number of benzene rings is 5. The van der Waals surface area contributed by atoms with Crippen LogP contribution in [0.25, 0.3) is 0 Å². The van der Waals surface area contributed by atoms with Crippen LogP contribution in [-0.4, -0.2) is 13.2 Å². The summed E-state index contributed by atoms with van der Waals surface area (Å²) in [4.78, 5) is 0. The van der Waals surface area contributed by atoms with Crippen molar-refractivity contribution in [3.05, 3.63) is 120 Å². The molecule has 0 saturated heterocycles. The summed E-state index contributed by atoms with van der Waals surface area (Å²) in [5, 5.41) is 37.2. The second kappa shape index (κ2) is 40.7. The summed E-state index contributed by atoms with van der Waals surface area (Å²) in [6.07, 6.45) is 43.3. The molecule has 0 unspecified atom stereocenters. The molecule has 0 amide bonds. The number of nitrogens with zero attached hydrogens (tertiary/aromatic N) is 6. The third-order valence-electron chi connectivity index (χ3n) is 14.2. The predicted octanol–water partition coefficient (Wildman–Crippen LogP) is 23.1. The minimum absolute atomic E-state index is 0.174. The highest BCUT2D eigenvalue weighted by Gasteiger charge is 2.15. The average Bonchev–Trinajstić information content (AvgIpc) is 3.47. The zero-order valence-corrected chi connectivity index (χ0v) is 47.8. The van der Waals surface area contributed by atoms with Crippen molar-refractivity contribution in [1.29, 1.82) is 10.5 Å². The van der Waals surface area contributed by atoms with Crippen LogP contribution in [0.1, 0.15) is 230 Å². The SMILES string of the molecule is CCCCCCCCCCCCCCCCCCOc1ccc(N=Nc2ccc(Oc3cc(C#N)c(C#N)cc3Oc3ccc(N=Nc4ccc(OCCCCCCCCCCCCCCCCCC)cc4)cc3)cc2)cc1. The van der Waals surface area contributed by atoms with Gasteiger partial charge in [-0.05, 0) is 110 Å². The molecule has 0 aliphatic heterocycles. The molecule has 0 fully saturated rings. The molecule has 0 atom stereocenters. The fraction of sp³-hybridized carbons (Fsp3) is 0.529. The van der Waals surface area contributed by atoms with Crippen LogP contribution in [0.4, 0.5) is 22.7 Å². The molecule has 5 aromatic rings. The minimum Gasteiger partial charge on any atom is -0.494 e. The lowest BCUT2D eigenvalue weighted by Gasteiger charge is -2.14. The van der Waals surface area contributed by atoms with Gasteiger partial charge in [-0.15, -0.1) is 0 Å². The quantitative estimate of drug-likeness (QED) is 0.0282. The standard InChI is InChI=1S/C68H92N6O4/c1-3-5-7-9-11-13-15-17-19-21-23-25-27-29-31-33-51-75-63-43-35-59(36-44-63)71-73-61-39-47-65(48-40-61)77-67-53-57(55-69)58(56-70)54-68(67)78-66-49-41-62(42-50-66)74-72-60-37-45-64(46-38-60)76-52-34-32-30-28-26-24-22-20-18-16-14-12-10-8-6-4-2/h35-50,53-54H,3-34,51-52H2,1-2H3. The molecule has 0 radical (unpaired) electrons. The van der Waals surface area contributed by atoms with Crippen LogP contribution in [0.5, 0.6) is 34.5 Å². The van der Waals surface area contributed by atoms with Crippen molar-refractivity contribution in [2.45, 2.75) is 219 Å². The first-order chi connectivity index (χ1) is 38.6. The fourth-order valence-electron chi connectivity index (χ4n) is 9.45. The molecule has 10 heteroatoms. The summed E-state index contributed by atoms with van der Waals surface area (Å²) < 4.78 is 24.4. The van der Waals surface area contributed by atoms with E-state index in [4.69, 9.17) is 18.9 Å². The van der Waals surface area contributed by atoms with Crippen molar-refractivity contribution < 1.29 is 18.9 Å². The number of ether oxygens (including phenoxy) is 4. The summed E-state index contributed by atoms with van der Waals surface area (Å²) in [5.74, 6) is 3.20. The second-order valence-electron chi connectivity index (χ2n) is 21.0. The lowest BCUT2D eigenvalue weighted by atomic mass is 10.0. The highest BCUT2D eigenvalue weighted by molar-refractivity contribution is 5.58. The van der Waals surface area contributed by atoms with Crippen molar-refractivity contribution in [1.82, 2.24) is 0 Å². The third-order valence-corrected chi connectivity index (χ3v) is 14.2. The van der Waals surface area contributed by atoms with E-state index >= 15 is 0 Å². The van der Waals surface area contributed by atoms with Gasteiger partial charge >= 0.3 is 0 Å². The van der Waals surface area contributed by atoms with Gasteiger partial charge in [0, 0.05) is 12.1 Å². The molecule has 5 aromatic carbocycles. The maximum Gasteiger partial charge on any atom is 0.171 e. The number of azo groups is 2. The molecule has 0 aliphatic rings. The van der Waals surface area contributed by atoms with E-state index < -0.39 is 0 Å². The number of hydrogen-bond donors (Lipinski definition) is 0. The molecule has 0 aromatic heterocycles. The average molecular weight is 1060 g/mol. The van der Waals surface area contributed by atoms with Crippen molar-refractivity contribution in [3.8, 4) is 46.6 Å². The maximum atomic E-state index is 9.80. The van der Waals surface area contributed by atoms with Gasteiger partial charge in [0.05, 0.1) is 47.1 Å². The Bertz CT molecular complexity index is 2300. The molecule has 0 heterocycles. The molecular formula is C68H92N6O4. The Morgan fingerprint density at radius 3 is 0.744 bits per heavy atom. The zero-order chi connectivity index (χ0) is 54.8. The van der Waals surface area contributed by atoms with Crippen molar-refractivity contribution >= 4 is 22.7 Å². The van der Waals surface area contributed by atoms with Gasteiger partial charge in [0.15, 0.2) is 11.5 Å². The van der Waals surface area contributed by atoms with E-state index in [0.29, 0.717) is 22.9 Å². The highest BCUT2D eigenvalue weighted by Crippen LogP contribution is 2.38. The van der Waals surface area contributed by atoms with Crippen LogP contribution in [0.2, 0.25) is 0 Å². The number of hydrogen-bond acceptors (Lipinski definition) is 10. The van der Waals surface area contributed by atoms with Crippen molar-refractivity contribution in [3.63, 3.8) is 0 Å². The van der Waals surface area contributed by atoms with Gasteiger partial charge in [0.2, 0.25) is 0 Å². The molecular weight excluding hydrogens is 965 g/mol. The first-order valence-corrected chi connectivity index (χ1v) is 30.4. The van der Waals surface area contributed by atoms with Gasteiger partial charge in [-0.25, -0.2) is 0 Å². The van der Waals surface area contributed by atoms with E-state index in [1.165, 1.54) is 205 Å². The zero-order valence-electron chi connectivity index (χ0n) is 47.8. The summed E-state index contributed by atoms with van der Waals surface area (Å²) in [6, 6.07) is 36.8. The molecule has 0 saturated carbocycles. The lowest BCUT2D eigenvalue weighted by molar-refractivity contribution is 0.304. The third kappa shape index (κ3) is 27.2. The van der Waals surface area contributed by atoms with E-state index in [0.717, 1.165) is 48.9 Å². The van der Waals surface area contributed by atoms with E-state index in [2.05, 4.69) is 46.4 Å². The molecule has 0 N–H and O–H groups in total. The molecule has 10 nitrogen and oxygen atoms in total. The summed E-state index contributed by atoms with van der Waals surface area (Å²) in [5.41, 5.74) is 3.06. The Balaban J connectivity index is 0.961. The summed E-state index contributed by atoms with van der Waals surface area (Å²) in [6.45, 7) is 6.00. The Morgan fingerprint density at radius 2 is 0.513 bits per heavy atom. The normalized spacial score (nSPS) is 11.3. The smallest absolute Gasteiger partial charge is 0.171 e. The minimum atomic E-state index is 0.174. The number of rotatable bonds is 44. The highest BCUT2D eigenvalue weighted by atomic mass is 16.5. The van der Waals surface area contributed by atoms with E-state index in [1.807, 2.05) is 48.5 Å². The Kier molecular flexibility index (Phi) is 32.5. The van der Waals surface area contributed by atoms with E-state index in [9.17, 15) is 10.5 Å². The van der Waals surface area contributed by atoms with Gasteiger partial charge in [-0.3, -0.25) is 0 Å². The monoisotopic (exact) mass is 1060 g/mol. The van der Waals surface area contributed by atoms with Crippen LogP contribution >= 0.6 is 0 Å². The molecule has 5 rings (SSSR count). The first-order valence-electron chi connectivity index (χ1n) is 30.4.